The average molecular weight is 360 g/mol. The Bertz CT molecular complexity index is 1010. The van der Waals surface area contributed by atoms with Crippen LogP contribution in [0.2, 0.25) is 0 Å². The summed E-state index contributed by atoms with van der Waals surface area (Å²) in [6.45, 7) is 4.54. The molecule has 3 rings (SSSR count). The fourth-order valence-electron chi connectivity index (χ4n) is 3.11. The molecule has 2 aromatic carbocycles. The number of aryl methyl sites for hydroxylation is 1. The van der Waals surface area contributed by atoms with E-state index in [1.54, 1.807) is 6.07 Å². The van der Waals surface area contributed by atoms with Crippen LogP contribution in [0.3, 0.4) is 0 Å². The maximum Gasteiger partial charge on any atom is 0.124 e. The molecule has 3 aromatic rings. The van der Waals surface area contributed by atoms with Gasteiger partial charge in [-0.3, -0.25) is 0 Å². The van der Waals surface area contributed by atoms with Gasteiger partial charge in [0, 0.05) is 11.4 Å². The second-order valence-electron chi connectivity index (χ2n) is 6.88. The Hall–Kier alpha value is -3.10. The van der Waals surface area contributed by atoms with Crippen LogP contribution in [0.1, 0.15) is 29.2 Å². The summed E-state index contributed by atoms with van der Waals surface area (Å²) >= 11 is 0. The number of likely N-dealkylation sites (N-methyl/N-ethyl adjacent to an activating group) is 1. The second kappa shape index (κ2) is 8.07. The summed E-state index contributed by atoms with van der Waals surface area (Å²) in [4.78, 5) is 4.41. The van der Waals surface area contributed by atoms with Crippen molar-refractivity contribution in [1.29, 1.82) is 5.26 Å². The minimum absolute atomic E-state index is 0.326. The summed E-state index contributed by atoms with van der Waals surface area (Å²) in [5.74, 6) is 1.22. The van der Waals surface area contributed by atoms with Crippen LogP contribution in [-0.2, 0) is 13.0 Å². The minimum Gasteiger partial charge on any atom is -0.489 e. The molecule has 0 saturated heterocycles. The van der Waals surface area contributed by atoms with Crippen LogP contribution >= 0.6 is 0 Å². The lowest BCUT2D eigenvalue weighted by molar-refractivity contribution is 0.306. The van der Waals surface area contributed by atoms with Crippen LogP contribution < -0.4 is 15.8 Å². The number of hydrogen-bond acceptors (Lipinski definition) is 5. The minimum atomic E-state index is 0.326. The number of benzene rings is 2. The Labute approximate surface area is 159 Å². The van der Waals surface area contributed by atoms with Gasteiger partial charge in [0.1, 0.15) is 18.2 Å². The largest absolute Gasteiger partial charge is 0.489 e. The first-order valence-electron chi connectivity index (χ1n) is 8.98. The highest BCUT2D eigenvalue weighted by Gasteiger charge is 2.07. The highest BCUT2D eigenvalue weighted by molar-refractivity contribution is 5.84. The van der Waals surface area contributed by atoms with E-state index < -0.39 is 0 Å². The number of anilines is 1. The number of nitrogen functional groups attached to an aromatic ring is 1. The summed E-state index contributed by atoms with van der Waals surface area (Å²) in [5.41, 5.74) is 10.5. The highest BCUT2D eigenvalue weighted by Crippen LogP contribution is 2.23. The van der Waals surface area contributed by atoms with Crippen LogP contribution in [0, 0.1) is 18.3 Å². The molecule has 0 bridgehead atoms. The predicted octanol–water partition coefficient (Wildman–Crippen LogP) is 3.73. The van der Waals surface area contributed by atoms with Gasteiger partial charge in [-0.25, -0.2) is 4.98 Å². The van der Waals surface area contributed by atoms with E-state index in [0.717, 1.165) is 34.0 Å². The Morgan fingerprint density at radius 3 is 2.74 bits per heavy atom. The van der Waals surface area contributed by atoms with Gasteiger partial charge in [-0.2, -0.15) is 5.26 Å². The summed E-state index contributed by atoms with van der Waals surface area (Å²) in [7, 11) is 1.93. The number of nitriles is 1. The molecule has 3 N–H and O–H groups in total. The third-order valence-corrected chi connectivity index (χ3v) is 4.64. The van der Waals surface area contributed by atoms with E-state index in [-0.39, 0.29) is 0 Å². The van der Waals surface area contributed by atoms with E-state index in [4.69, 9.17) is 10.5 Å². The Morgan fingerprint density at radius 1 is 1.19 bits per heavy atom. The quantitative estimate of drug-likeness (QED) is 0.700. The zero-order valence-electron chi connectivity index (χ0n) is 15.9. The van der Waals surface area contributed by atoms with Crippen LogP contribution in [-0.4, -0.2) is 18.1 Å². The maximum absolute atomic E-state index is 9.29. The maximum atomic E-state index is 9.29. The number of rotatable bonds is 6. The van der Waals surface area contributed by atoms with E-state index in [2.05, 4.69) is 23.3 Å². The number of nitrogens with two attached hydrogens (primary N) is 1. The molecule has 0 saturated carbocycles. The lowest BCUT2D eigenvalue weighted by Crippen LogP contribution is -2.23. The van der Waals surface area contributed by atoms with Crippen molar-refractivity contribution in [3.8, 4) is 11.8 Å². The molecule has 0 aliphatic rings. The first-order valence-corrected chi connectivity index (χ1v) is 8.98. The molecule has 5 nitrogen and oxygen atoms in total. The van der Waals surface area contributed by atoms with Crippen LogP contribution in [0.5, 0.6) is 5.75 Å². The first-order chi connectivity index (χ1) is 13.0. The third-order valence-electron chi connectivity index (χ3n) is 4.64. The number of hydrogen-bond donors (Lipinski definition) is 2. The summed E-state index contributed by atoms with van der Waals surface area (Å²) in [6.07, 6.45) is 0.834. The molecule has 138 valence electrons. The van der Waals surface area contributed by atoms with Gasteiger partial charge in [-0.15, -0.1) is 0 Å². The zero-order valence-corrected chi connectivity index (χ0v) is 15.9. The van der Waals surface area contributed by atoms with E-state index in [0.29, 0.717) is 29.8 Å². The van der Waals surface area contributed by atoms with Crippen molar-refractivity contribution < 1.29 is 4.74 Å². The molecular formula is C22H24N4O. The van der Waals surface area contributed by atoms with Crippen molar-refractivity contribution in [2.75, 3.05) is 12.8 Å². The van der Waals surface area contributed by atoms with Crippen molar-refractivity contribution in [1.82, 2.24) is 10.3 Å². The molecule has 0 spiro atoms. The van der Waals surface area contributed by atoms with E-state index >= 15 is 0 Å². The van der Waals surface area contributed by atoms with E-state index in [9.17, 15) is 5.26 Å². The van der Waals surface area contributed by atoms with Gasteiger partial charge < -0.3 is 15.8 Å². The molecule has 0 fully saturated rings. The number of nitrogens with one attached hydrogen (secondary N) is 1. The second-order valence-corrected chi connectivity index (χ2v) is 6.88. The van der Waals surface area contributed by atoms with Crippen molar-refractivity contribution in [2.45, 2.75) is 32.9 Å². The smallest absolute Gasteiger partial charge is 0.124 e. The van der Waals surface area contributed by atoms with Crippen molar-refractivity contribution in [3.05, 3.63) is 64.7 Å². The number of ether oxygens (including phenoxy) is 1. The topological polar surface area (TPSA) is 84.0 Å². The molecule has 5 heteroatoms. The van der Waals surface area contributed by atoms with Gasteiger partial charge in [0.05, 0.1) is 17.1 Å². The fourth-order valence-corrected chi connectivity index (χ4v) is 3.11. The predicted molar refractivity (Wildman–Crippen MR) is 109 cm³/mol. The van der Waals surface area contributed by atoms with E-state index in [1.807, 2.05) is 50.4 Å². The summed E-state index contributed by atoms with van der Waals surface area (Å²) < 4.78 is 5.97. The highest BCUT2D eigenvalue weighted by atomic mass is 16.5. The normalized spacial score (nSPS) is 11.9. The van der Waals surface area contributed by atoms with Gasteiger partial charge in [0.25, 0.3) is 0 Å². The monoisotopic (exact) mass is 360 g/mol. The SMILES string of the molecule is CN[C@H](C)Cc1cc(C#N)cc(OCc2ccc3c(C)cc(N)nc3c2)c1. The van der Waals surface area contributed by atoms with Crippen LogP contribution in [0.15, 0.2) is 42.5 Å². The molecule has 0 amide bonds. The number of nitrogens with zero attached hydrogens (tertiary/aromatic N) is 2. The number of fused-ring (bicyclic) bond motifs is 1. The van der Waals surface area contributed by atoms with Crippen molar-refractivity contribution in [3.63, 3.8) is 0 Å². The number of aromatic nitrogens is 1. The molecule has 0 aliphatic carbocycles. The van der Waals surface area contributed by atoms with Crippen LogP contribution in [0.25, 0.3) is 10.9 Å². The molecule has 0 unspecified atom stereocenters. The Morgan fingerprint density at radius 2 is 2.00 bits per heavy atom. The molecule has 0 aliphatic heterocycles. The molecule has 27 heavy (non-hydrogen) atoms. The van der Waals surface area contributed by atoms with Gasteiger partial charge in [0.15, 0.2) is 0 Å². The zero-order chi connectivity index (χ0) is 19.4. The Kier molecular flexibility index (Phi) is 5.58. The summed E-state index contributed by atoms with van der Waals surface area (Å²) in [5, 5.41) is 13.6. The average Bonchev–Trinajstić information content (AvgIpc) is 2.65. The summed E-state index contributed by atoms with van der Waals surface area (Å²) in [6, 6.07) is 16.2. The molecule has 1 heterocycles. The molecule has 1 aromatic heterocycles. The van der Waals surface area contributed by atoms with Gasteiger partial charge in [-0.05, 0) is 74.3 Å². The fraction of sp³-hybridized carbons (Fsp3) is 0.273. The molecular weight excluding hydrogens is 336 g/mol. The van der Waals surface area contributed by atoms with Crippen molar-refractivity contribution in [2.24, 2.45) is 0 Å². The van der Waals surface area contributed by atoms with E-state index in [1.165, 1.54) is 0 Å². The van der Waals surface area contributed by atoms with Gasteiger partial charge in [0.2, 0.25) is 0 Å². The first kappa shape index (κ1) is 18.7. The van der Waals surface area contributed by atoms with Crippen LogP contribution in [0.4, 0.5) is 5.82 Å². The third kappa shape index (κ3) is 4.55. The standard InChI is InChI=1S/C22H24N4O/c1-14-6-22(24)26-21-11-16(4-5-20(14)21)13-27-19-9-17(7-15(2)25-3)8-18(10-19)12-23/h4-6,8-11,15,25H,7,13H2,1-3H3,(H2,24,26)/t15-/m1/s1. The lowest BCUT2D eigenvalue weighted by Gasteiger charge is -2.13. The molecule has 0 radical (unpaired) electrons. The Balaban J connectivity index is 1.81. The van der Waals surface area contributed by atoms with Gasteiger partial charge in [-0.1, -0.05) is 12.1 Å². The number of pyridine rings is 1. The van der Waals surface area contributed by atoms with Gasteiger partial charge >= 0.3 is 0 Å². The lowest BCUT2D eigenvalue weighted by atomic mass is 10.0. The molecule has 1 atom stereocenters. The van der Waals surface area contributed by atoms with Crippen molar-refractivity contribution >= 4 is 16.7 Å².